The molecule has 0 fully saturated rings. The maximum atomic E-state index is 13.4. The van der Waals surface area contributed by atoms with E-state index >= 15 is 0 Å². The van der Waals surface area contributed by atoms with Gasteiger partial charge in [0, 0.05) is 6.54 Å². The summed E-state index contributed by atoms with van der Waals surface area (Å²) in [6.45, 7) is 5.96. The molecule has 31 heavy (non-hydrogen) atoms. The summed E-state index contributed by atoms with van der Waals surface area (Å²) < 4.78 is 28.0. The van der Waals surface area contributed by atoms with Crippen LogP contribution in [-0.4, -0.2) is 27.4 Å². The van der Waals surface area contributed by atoms with Crippen molar-refractivity contribution in [2.75, 3.05) is 17.4 Å². The van der Waals surface area contributed by atoms with Gasteiger partial charge in [0.2, 0.25) is 5.91 Å². The Morgan fingerprint density at radius 3 is 2.16 bits per heavy atom. The van der Waals surface area contributed by atoms with E-state index in [-0.39, 0.29) is 23.3 Å². The van der Waals surface area contributed by atoms with E-state index in [9.17, 15) is 13.2 Å². The number of amides is 1. The average Bonchev–Trinajstić information content (AvgIpc) is 2.77. The highest BCUT2D eigenvalue weighted by atomic mass is 32.2. The number of sulfonamides is 1. The molecule has 0 spiro atoms. The van der Waals surface area contributed by atoms with Crippen LogP contribution in [0.1, 0.15) is 29.5 Å². The zero-order valence-corrected chi connectivity index (χ0v) is 18.9. The van der Waals surface area contributed by atoms with Crippen LogP contribution < -0.4 is 9.62 Å². The molecule has 0 radical (unpaired) electrons. The van der Waals surface area contributed by atoms with Gasteiger partial charge < -0.3 is 5.32 Å². The van der Waals surface area contributed by atoms with Gasteiger partial charge in [0.05, 0.1) is 10.6 Å². The fraction of sp³-hybridized carbons (Fsp3) is 0.240. The molecule has 162 valence electrons. The Morgan fingerprint density at radius 1 is 0.935 bits per heavy atom. The fourth-order valence-electron chi connectivity index (χ4n) is 3.46. The van der Waals surface area contributed by atoms with Crippen molar-refractivity contribution in [1.29, 1.82) is 0 Å². The highest BCUT2D eigenvalue weighted by Crippen LogP contribution is 2.27. The number of aryl methyl sites for hydroxylation is 2. The lowest BCUT2D eigenvalue weighted by Gasteiger charge is -2.26. The second-order valence-corrected chi connectivity index (χ2v) is 9.59. The van der Waals surface area contributed by atoms with Gasteiger partial charge in [0.25, 0.3) is 10.0 Å². The minimum Gasteiger partial charge on any atom is -0.354 e. The number of anilines is 1. The molecule has 0 aromatic heterocycles. The Morgan fingerprint density at radius 2 is 1.55 bits per heavy atom. The van der Waals surface area contributed by atoms with Crippen molar-refractivity contribution in [1.82, 2.24) is 5.32 Å². The van der Waals surface area contributed by atoms with Crippen molar-refractivity contribution >= 4 is 21.6 Å². The van der Waals surface area contributed by atoms with E-state index < -0.39 is 10.0 Å². The molecule has 3 aromatic carbocycles. The average molecular weight is 437 g/mol. The number of rotatable bonds is 8. The molecule has 0 unspecified atom stereocenters. The van der Waals surface area contributed by atoms with Gasteiger partial charge in [-0.05, 0) is 49.1 Å². The normalized spacial score (nSPS) is 12.2. The van der Waals surface area contributed by atoms with Crippen LogP contribution in [0.5, 0.6) is 0 Å². The number of hydrogen-bond donors (Lipinski definition) is 1. The van der Waals surface area contributed by atoms with Crippen molar-refractivity contribution in [3.05, 3.63) is 95.6 Å². The molecule has 0 saturated heterocycles. The molecule has 5 nitrogen and oxygen atoms in total. The van der Waals surface area contributed by atoms with Crippen LogP contribution in [0.25, 0.3) is 0 Å². The molecule has 6 heteroatoms. The third-order valence-electron chi connectivity index (χ3n) is 5.21. The SMILES string of the molecule is Cc1ccc(N(CC(=O)NC[C@@H](C)c2ccccc2)S(=O)(=O)c2ccccc2)c(C)c1. The molecule has 3 aromatic rings. The first-order valence-electron chi connectivity index (χ1n) is 10.3. The zero-order chi connectivity index (χ0) is 22.4. The molecular weight excluding hydrogens is 408 g/mol. The highest BCUT2D eigenvalue weighted by molar-refractivity contribution is 7.92. The molecule has 1 amide bonds. The monoisotopic (exact) mass is 436 g/mol. The summed E-state index contributed by atoms with van der Waals surface area (Å²) in [7, 11) is -3.90. The topological polar surface area (TPSA) is 66.5 Å². The Balaban J connectivity index is 1.84. The minimum atomic E-state index is -3.90. The number of carbonyl (C=O) groups is 1. The van der Waals surface area contributed by atoms with Gasteiger partial charge in [-0.15, -0.1) is 0 Å². The second kappa shape index (κ2) is 9.79. The van der Waals surface area contributed by atoms with Crippen molar-refractivity contribution in [2.45, 2.75) is 31.6 Å². The van der Waals surface area contributed by atoms with Crippen LogP contribution in [0.2, 0.25) is 0 Å². The fourth-order valence-corrected chi connectivity index (χ4v) is 4.96. The maximum absolute atomic E-state index is 13.4. The van der Waals surface area contributed by atoms with E-state index in [2.05, 4.69) is 5.32 Å². The van der Waals surface area contributed by atoms with Crippen molar-refractivity contribution in [3.63, 3.8) is 0 Å². The van der Waals surface area contributed by atoms with Crippen LogP contribution in [0, 0.1) is 13.8 Å². The molecule has 1 N–H and O–H groups in total. The summed E-state index contributed by atoms with van der Waals surface area (Å²) >= 11 is 0. The predicted molar refractivity (Wildman–Crippen MR) is 125 cm³/mol. The van der Waals surface area contributed by atoms with E-state index in [1.165, 1.54) is 4.31 Å². The van der Waals surface area contributed by atoms with Crippen LogP contribution in [0.4, 0.5) is 5.69 Å². The van der Waals surface area contributed by atoms with Crippen molar-refractivity contribution in [3.8, 4) is 0 Å². The van der Waals surface area contributed by atoms with E-state index in [1.807, 2.05) is 63.2 Å². The maximum Gasteiger partial charge on any atom is 0.264 e. The van der Waals surface area contributed by atoms with Crippen LogP contribution in [-0.2, 0) is 14.8 Å². The van der Waals surface area contributed by atoms with Gasteiger partial charge in [-0.3, -0.25) is 9.10 Å². The number of benzene rings is 3. The van der Waals surface area contributed by atoms with E-state index in [0.29, 0.717) is 12.2 Å². The first-order valence-corrected chi connectivity index (χ1v) is 11.7. The van der Waals surface area contributed by atoms with Crippen LogP contribution in [0.15, 0.2) is 83.8 Å². The van der Waals surface area contributed by atoms with E-state index in [0.717, 1.165) is 16.7 Å². The Hall–Kier alpha value is -3.12. The summed E-state index contributed by atoms with van der Waals surface area (Å²) in [4.78, 5) is 13.0. The van der Waals surface area contributed by atoms with Gasteiger partial charge in [-0.2, -0.15) is 0 Å². The quantitative estimate of drug-likeness (QED) is 0.568. The van der Waals surface area contributed by atoms with Gasteiger partial charge in [0.1, 0.15) is 6.54 Å². The molecule has 1 atom stereocenters. The molecule has 0 bridgehead atoms. The number of carbonyl (C=O) groups excluding carboxylic acids is 1. The Kier molecular flexibility index (Phi) is 7.13. The van der Waals surface area contributed by atoms with Crippen molar-refractivity contribution in [2.24, 2.45) is 0 Å². The van der Waals surface area contributed by atoms with E-state index in [1.54, 1.807) is 36.4 Å². The van der Waals surface area contributed by atoms with Gasteiger partial charge in [-0.1, -0.05) is 73.2 Å². The van der Waals surface area contributed by atoms with Gasteiger partial charge in [0.15, 0.2) is 0 Å². The number of nitrogens with zero attached hydrogens (tertiary/aromatic N) is 1. The lowest BCUT2D eigenvalue weighted by molar-refractivity contribution is -0.119. The van der Waals surface area contributed by atoms with Crippen LogP contribution in [0.3, 0.4) is 0 Å². The van der Waals surface area contributed by atoms with Crippen molar-refractivity contribution < 1.29 is 13.2 Å². The molecule has 3 rings (SSSR count). The van der Waals surface area contributed by atoms with E-state index in [4.69, 9.17) is 0 Å². The third-order valence-corrected chi connectivity index (χ3v) is 6.99. The zero-order valence-electron chi connectivity index (χ0n) is 18.1. The van der Waals surface area contributed by atoms with Gasteiger partial charge >= 0.3 is 0 Å². The molecule has 0 heterocycles. The minimum absolute atomic E-state index is 0.116. The lowest BCUT2D eigenvalue weighted by Crippen LogP contribution is -2.42. The second-order valence-electron chi connectivity index (χ2n) is 7.73. The molecule has 0 saturated carbocycles. The summed E-state index contributed by atoms with van der Waals surface area (Å²) in [6, 6.07) is 23.6. The third kappa shape index (κ3) is 5.52. The smallest absolute Gasteiger partial charge is 0.264 e. The first-order chi connectivity index (χ1) is 14.8. The summed E-state index contributed by atoms with van der Waals surface area (Å²) in [5.74, 6) is -0.229. The first kappa shape index (κ1) is 22.6. The molecular formula is C25H28N2O3S. The molecule has 0 aliphatic heterocycles. The van der Waals surface area contributed by atoms with Gasteiger partial charge in [-0.25, -0.2) is 8.42 Å². The number of nitrogens with one attached hydrogen (secondary N) is 1. The predicted octanol–water partition coefficient (Wildman–Crippen LogP) is 4.42. The molecule has 0 aliphatic carbocycles. The Labute approximate surface area is 184 Å². The molecule has 0 aliphatic rings. The largest absolute Gasteiger partial charge is 0.354 e. The highest BCUT2D eigenvalue weighted by Gasteiger charge is 2.28. The Bertz CT molecular complexity index is 1130. The standard InChI is InChI=1S/C25H28N2O3S/c1-19-14-15-24(20(2)16-19)27(31(29,30)23-12-8-5-9-13-23)18-25(28)26-17-21(3)22-10-6-4-7-11-22/h4-16,21H,17-18H2,1-3H3,(H,26,28)/t21-/m1/s1. The summed E-state index contributed by atoms with van der Waals surface area (Å²) in [5, 5.41) is 2.89. The lowest BCUT2D eigenvalue weighted by atomic mass is 10.0. The van der Waals surface area contributed by atoms with Crippen LogP contribution >= 0.6 is 0 Å². The summed E-state index contributed by atoms with van der Waals surface area (Å²) in [5.41, 5.74) is 3.44. The summed E-state index contributed by atoms with van der Waals surface area (Å²) in [6.07, 6.45) is 0. The number of hydrogen-bond acceptors (Lipinski definition) is 3.